The van der Waals surface area contributed by atoms with Crippen LogP contribution in [0.5, 0.6) is 0 Å². The van der Waals surface area contributed by atoms with E-state index in [1.54, 1.807) is 30.1 Å². The van der Waals surface area contributed by atoms with Crippen LogP contribution in [0.3, 0.4) is 0 Å². The van der Waals surface area contributed by atoms with Crippen molar-refractivity contribution in [1.82, 2.24) is 14.9 Å². The highest BCUT2D eigenvalue weighted by Crippen LogP contribution is 2.36. The summed E-state index contributed by atoms with van der Waals surface area (Å²) >= 11 is 1.54. The van der Waals surface area contributed by atoms with Crippen molar-refractivity contribution in [3.8, 4) is 0 Å². The van der Waals surface area contributed by atoms with Gasteiger partial charge in [0.15, 0.2) is 5.16 Å². The molecule has 0 fully saturated rings. The van der Waals surface area contributed by atoms with Crippen molar-refractivity contribution in [2.45, 2.75) is 29.4 Å². The van der Waals surface area contributed by atoms with Gasteiger partial charge in [0.25, 0.3) is 15.9 Å². The van der Waals surface area contributed by atoms with Gasteiger partial charge in [0.2, 0.25) is 0 Å². The van der Waals surface area contributed by atoms with Gasteiger partial charge >= 0.3 is 0 Å². The van der Waals surface area contributed by atoms with Gasteiger partial charge in [0, 0.05) is 43.3 Å². The highest BCUT2D eigenvalue weighted by molar-refractivity contribution is 7.99. The molecule has 0 spiro atoms. The van der Waals surface area contributed by atoms with E-state index in [0.29, 0.717) is 30.0 Å². The summed E-state index contributed by atoms with van der Waals surface area (Å²) in [6.45, 7) is 2.34. The Kier molecular flexibility index (Phi) is 6.06. The standard InChI is InChI=1S/C22H24N4O3S2/c1-16-14-17-6-3-4-9-20(17)26(16)31(28,29)19-8-5-7-18(15-19)21(27)23-11-13-30-22-24-10-12-25(22)2/h3-10,12,15-16H,11,13-14H2,1-2H3,(H,23,27)/t16-/m1/s1. The van der Waals surface area contributed by atoms with Crippen LogP contribution < -0.4 is 9.62 Å². The van der Waals surface area contributed by atoms with Crippen LogP contribution in [0.4, 0.5) is 5.69 Å². The number of nitrogens with one attached hydrogen (secondary N) is 1. The molecule has 0 radical (unpaired) electrons. The lowest BCUT2D eigenvalue weighted by atomic mass is 10.1. The van der Waals surface area contributed by atoms with Gasteiger partial charge in [-0.3, -0.25) is 9.10 Å². The Bertz CT molecular complexity index is 1210. The van der Waals surface area contributed by atoms with E-state index in [2.05, 4.69) is 10.3 Å². The summed E-state index contributed by atoms with van der Waals surface area (Å²) in [5.41, 5.74) is 2.04. The fourth-order valence-corrected chi connectivity index (χ4v) is 6.24. The van der Waals surface area contributed by atoms with Crippen molar-refractivity contribution in [2.24, 2.45) is 7.05 Å². The molecule has 162 valence electrons. The number of imidazole rings is 1. The largest absolute Gasteiger partial charge is 0.351 e. The van der Waals surface area contributed by atoms with Gasteiger partial charge in [0.1, 0.15) is 0 Å². The molecule has 7 nitrogen and oxygen atoms in total. The molecule has 1 amide bonds. The molecule has 0 bridgehead atoms. The number of aryl methyl sites for hydroxylation is 1. The van der Waals surface area contributed by atoms with Gasteiger partial charge in [-0.15, -0.1) is 0 Å². The van der Waals surface area contributed by atoms with Crippen LogP contribution in [0.2, 0.25) is 0 Å². The molecule has 31 heavy (non-hydrogen) atoms. The van der Waals surface area contributed by atoms with E-state index in [1.807, 2.05) is 49.0 Å². The summed E-state index contributed by atoms with van der Waals surface area (Å²) in [4.78, 5) is 16.9. The maximum absolute atomic E-state index is 13.4. The summed E-state index contributed by atoms with van der Waals surface area (Å²) in [5.74, 6) is 0.365. The lowest BCUT2D eigenvalue weighted by Gasteiger charge is -2.24. The number of hydrogen-bond acceptors (Lipinski definition) is 5. The molecule has 0 aliphatic carbocycles. The molecule has 1 atom stereocenters. The Hall–Kier alpha value is -2.78. The number of amides is 1. The summed E-state index contributed by atoms with van der Waals surface area (Å²) in [6.07, 6.45) is 4.27. The predicted molar refractivity (Wildman–Crippen MR) is 122 cm³/mol. The minimum Gasteiger partial charge on any atom is -0.351 e. The van der Waals surface area contributed by atoms with E-state index in [1.165, 1.54) is 16.4 Å². The van der Waals surface area contributed by atoms with E-state index in [0.717, 1.165) is 10.7 Å². The first-order chi connectivity index (χ1) is 14.9. The zero-order chi connectivity index (χ0) is 22.0. The van der Waals surface area contributed by atoms with Crippen LogP contribution in [-0.4, -0.2) is 42.2 Å². The molecule has 0 saturated heterocycles. The van der Waals surface area contributed by atoms with Crippen molar-refractivity contribution in [3.05, 3.63) is 72.1 Å². The lowest BCUT2D eigenvalue weighted by Crippen LogP contribution is -2.36. The molecule has 1 aliphatic heterocycles. The van der Waals surface area contributed by atoms with Gasteiger partial charge in [0.05, 0.1) is 10.6 Å². The van der Waals surface area contributed by atoms with E-state index in [9.17, 15) is 13.2 Å². The SMILES string of the molecule is C[C@@H]1Cc2ccccc2N1S(=O)(=O)c1cccc(C(=O)NCCSc2nccn2C)c1. The van der Waals surface area contributed by atoms with Crippen LogP contribution in [0.25, 0.3) is 0 Å². The van der Waals surface area contributed by atoms with E-state index in [-0.39, 0.29) is 16.8 Å². The van der Waals surface area contributed by atoms with Gasteiger partial charge in [-0.25, -0.2) is 13.4 Å². The molecule has 0 saturated carbocycles. The average Bonchev–Trinajstić information content (AvgIpc) is 3.33. The highest BCUT2D eigenvalue weighted by Gasteiger charge is 2.36. The fourth-order valence-electron chi connectivity index (χ4n) is 3.71. The first-order valence-corrected chi connectivity index (χ1v) is 12.4. The van der Waals surface area contributed by atoms with Crippen LogP contribution in [-0.2, 0) is 23.5 Å². The monoisotopic (exact) mass is 456 g/mol. The third-order valence-electron chi connectivity index (χ3n) is 5.19. The first-order valence-electron chi connectivity index (χ1n) is 9.98. The number of anilines is 1. The van der Waals surface area contributed by atoms with E-state index < -0.39 is 10.0 Å². The van der Waals surface area contributed by atoms with Crippen LogP contribution in [0, 0.1) is 0 Å². The Morgan fingerprint density at radius 2 is 2.03 bits per heavy atom. The number of nitrogens with zero attached hydrogens (tertiary/aromatic N) is 3. The second-order valence-electron chi connectivity index (χ2n) is 7.44. The molecule has 0 unspecified atom stereocenters. The second kappa shape index (κ2) is 8.76. The predicted octanol–water partition coefficient (Wildman–Crippen LogP) is 3.08. The molecular formula is C22H24N4O3S2. The van der Waals surface area contributed by atoms with Crippen molar-refractivity contribution < 1.29 is 13.2 Å². The number of aromatic nitrogens is 2. The van der Waals surface area contributed by atoms with Crippen LogP contribution in [0.1, 0.15) is 22.8 Å². The van der Waals surface area contributed by atoms with E-state index in [4.69, 9.17) is 0 Å². The molecule has 2 heterocycles. The van der Waals surface area contributed by atoms with Gasteiger partial charge in [-0.2, -0.15) is 0 Å². The number of fused-ring (bicyclic) bond motifs is 1. The van der Waals surface area contributed by atoms with Crippen molar-refractivity contribution in [2.75, 3.05) is 16.6 Å². The fraction of sp³-hybridized carbons (Fsp3) is 0.273. The second-order valence-corrected chi connectivity index (χ2v) is 10.3. The highest BCUT2D eigenvalue weighted by atomic mass is 32.2. The normalized spacial score (nSPS) is 15.7. The molecule has 1 N–H and O–H groups in total. The Balaban J connectivity index is 1.46. The number of sulfonamides is 1. The minimum absolute atomic E-state index is 0.117. The summed E-state index contributed by atoms with van der Waals surface area (Å²) in [7, 11) is -1.86. The van der Waals surface area contributed by atoms with Crippen molar-refractivity contribution in [3.63, 3.8) is 0 Å². The molecule has 9 heteroatoms. The summed E-state index contributed by atoms with van der Waals surface area (Å²) in [5, 5.41) is 3.73. The quantitative estimate of drug-likeness (QED) is 0.436. The Morgan fingerprint density at radius 3 is 2.81 bits per heavy atom. The maximum atomic E-state index is 13.4. The zero-order valence-electron chi connectivity index (χ0n) is 17.4. The molecule has 4 rings (SSSR count). The van der Waals surface area contributed by atoms with E-state index >= 15 is 0 Å². The third kappa shape index (κ3) is 4.33. The Morgan fingerprint density at radius 1 is 1.23 bits per heavy atom. The van der Waals surface area contributed by atoms with Crippen LogP contribution >= 0.6 is 11.8 Å². The number of para-hydroxylation sites is 1. The Labute approximate surface area is 186 Å². The van der Waals surface area contributed by atoms with Gasteiger partial charge in [-0.1, -0.05) is 36.0 Å². The maximum Gasteiger partial charge on any atom is 0.264 e. The van der Waals surface area contributed by atoms with Crippen molar-refractivity contribution >= 4 is 33.4 Å². The number of thioether (sulfide) groups is 1. The molecule has 3 aromatic rings. The lowest BCUT2D eigenvalue weighted by molar-refractivity contribution is 0.0956. The minimum atomic E-state index is -3.78. The number of benzene rings is 2. The molecular weight excluding hydrogens is 432 g/mol. The third-order valence-corrected chi connectivity index (χ3v) is 8.18. The number of rotatable bonds is 7. The molecule has 1 aliphatic rings. The molecule has 2 aromatic carbocycles. The number of carbonyl (C=O) groups is 1. The summed E-state index contributed by atoms with van der Waals surface area (Å²) in [6, 6.07) is 13.6. The van der Waals surface area contributed by atoms with Gasteiger partial charge in [-0.05, 0) is 43.2 Å². The van der Waals surface area contributed by atoms with Crippen molar-refractivity contribution in [1.29, 1.82) is 0 Å². The van der Waals surface area contributed by atoms with Crippen LogP contribution in [0.15, 0.2) is 71.0 Å². The molecule has 1 aromatic heterocycles. The van der Waals surface area contributed by atoms with Gasteiger partial charge < -0.3 is 9.88 Å². The number of carbonyl (C=O) groups excluding carboxylic acids is 1. The number of hydrogen-bond donors (Lipinski definition) is 1. The summed E-state index contributed by atoms with van der Waals surface area (Å²) < 4.78 is 30.2. The smallest absolute Gasteiger partial charge is 0.264 e. The average molecular weight is 457 g/mol. The first kappa shape index (κ1) is 21.5. The zero-order valence-corrected chi connectivity index (χ0v) is 19.0. The topological polar surface area (TPSA) is 84.3 Å².